The number of nitrogens with one attached hydrogen (secondary N) is 3. The minimum atomic E-state index is -0.0650. The molecule has 2 aromatic rings. The molecule has 0 saturated heterocycles. The van der Waals surface area contributed by atoms with Gasteiger partial charge in [-0.25, -0.2) is 0 Å². The van der Waals surface area contributed by atoms with Gasteiger partial charge in [-0.1, -0.05) is 32.0 Å². The van der Waals surface area contributed by atoms with Crippen molar-refractivity contribution in [3.8, 4) is 0 Å². The Morgan fingerprint density at radius 3 is 2.66 bits per heavy atom. The smallest absolute Gasteiger partial charge is 0.251 e. The Morgan fingerprint density at radius 1 is 1.17 bits per heavy atom. The zero-order chi connectivity index (χ0) is 21.1. The van der Waals surface area contributed by atoms with E-state index in [-0.39, 0.29) is 5.91 Å². The molecule has 1 aromatic heterocycles. The number of carbonyl (C=O) groups excluding carboxylic acids is 1. The standard InChI is InChI=1S/C23H33N5O/c1-5-26-23(28-16-21(17(2)3)20-10-7-12-25-15-20)27-13-11-18-8-6-9-19(14-18)22(29)24-4/h6-10,12,14-15,17,21H,5,11,13,16H2,1-4H3,(H,24,29)(H2,26,27,28). The number of nitrogens with zero attached hydrogens (tertiary/aromatic N) is 2. The van der Waals surface area contributed by atoms with Crippen LogP contribution in [0.3, 0.4) is 0 Å². The van der Waals surface area contributed by atoms with E-state index in [0.29, 0.717) is 23.9 Å². The van der Waals surface area contributed by atoms with Gasteiger partial charge in [-0.15, -0.1) is 0 Å². The molecule has 1 atom stereocenters. The Kier molecular flexibility index (Phi) is 9.15. The number of aliphatic imine (C=N–C) groups is 1. The maximum atomic E-state index is 11.8. The van der Waals surface area contributed by atoms with E-state index in [9.17, 15) is 4.79 Å². The van der Waals surface area contributed by atoms with Crippen molar-refractivity contribution in [3.63, 3.8) is 0 Å². The van der Waals surface area contributed by atoms with Crippen molar-refractivity contribution in [1.29, 1.82) is 0 Å². The molecular formula is C23H33N5O. The maximum absolute atomic E-state index is 11.8. The van der Waals surface area contributed by atoms with Crippen LogP contribution in [0.25, 0.3) is 0 Å². The number of guanidine groups is 1. The highest BCUT2D eigenvalue weighted by atomic mass is 16.1. The fraction of sp³-hybridized carbons (Fsp3) is 0.435. The van der Waals surface area contributed by atoms with Gasteiger partial charge in [-0.2, -0.15) is 0 Å². The van der Waals surface area contributed by atoms with Crippen LogP contribution in [0.15, 0.2) is 53.8 Å². The molecule has 0 spiro atoms. The largest absolute Gasteiger partial charge is 0.357 e. The molecular weight excluding hydrogens is 362 g/mol. The maximum Gasteiger partial charge on any atom is 0.251 e. The molecule has 1 amide bonds. The Morgan fingerprint density at radius 2 is 2.00 bits per heavy atom. The highest BCUT2D eigenvalue weighted by molar-refractivity contribution is 5.94. The molecule has 6 nitrogen and oxygen atoms in total. The normalized spacial score (nSPS) is 12.5. The summed E-state index contributed by atoms with van der Waals surface area (Å²) in [6, 6.07) is 11.8. The third-order valence-electron chi connectivity index (χ3n) is 4.83. The molecule has 0 radical (unpaired) electrons. The fourth-order valence-electron chi connectivity index (χ4n) is 3.17. The lowest BCUT2D eigenvalue weighted by molar-refractivity contribution is 0.0963. The van der Waals surface area contributed by atoms with Crippen molar-refractivity contribution < 1.29 is 4.79 Å². The number of carbonyl (C=O) groups is 1. The monoisotopic (exact) mass is 395 g/mol. The van der Waals surface area contributed by atoms with Crippen LogP contribution in [0, 0.1) is 5.92 Å². The third-order valence-corrected chi connectivity index (χ3v) is 4.83. The summed E-state index contributed by atoms with van der Waals surface area (Å²) in [6.45, 7) is 8.73. The van der Waals surface area contributed by atoms with Gasteiger partial charge in [-0.05, 0) is 48.6 Å². The van der Waals surface area contributed by atoms with Gasteiger partial charge in [0.05, 0.1) is 0 Å². The van der Waals surface area contributed by atoms with Gasteiger partial charge in [0.25, 0.3) is 5.91 Å². The summed E-state index contributed by atoms with van der Waals surface area (Å²) in [5.74, 6) is 1.54. The van der Waals surface area contributed by atoms with Crippen molar-refractivity contribution in [2.45, 2.75) is 33.1 Å². The van der Waals surface area contributed by atoms with Gasteiger partial charge < -0.3 is 16.0 Å². The molecule has 0 bridgehead atoms. The average Bonchev–Trinajstić information content (AvgIpc) is 2.74. The number of amides is 1. The predicted octanol–water partition coefficient (Wildman–Crippen LogP) is 2.98. The summed E-state index contributed by atoms with van der Waals surface area (Å²) in [6.07, 6.45) is 4.54. The summed E-state index contributed by atoms with van der Waals surface area (Å²) in [5.41, 5.74) is 3.01. The first-order valence-electron chi connectivity index (χ1n) is 10.3. The lowest BCUT2D eigenvalue weighted by atomic mass is 9.89. The van der Waals surface area contributed by atoms with E-state index in [2.05, 4.69) is 47.8 Å². The van der Waals surface area contributed by atoms with Crippen LogP contribution in [0.1, 0.15) is 48.2 Å². The molecule has 3 N–H and O–H groups in total. The highest BCUT2D eigenvalue weighted by Crippen LogP contribution is 2.23. The molecule has 1 aromatic carbocycles. The molecule has 0 aliphatic carbocycles. The van der Waals surface area contributed by atoms with Crippen molar-refractivity contribution >= 4 is 11.9 Å². The first kappa shape index (κ1) is 22.4. The fourth-order valence-corrected chi connectivity index (χ4v) is 3.17. The molecule has 0 saturated carbocycles. The van der Waals surface area contributed by atoms with Crippen LogP contribution in [0.2, 0.25) is 0 Å². The highest BCUT2D eigenvalue weighted by Gasteiger charge is 2.16. The summed E-state index contributed by atoms with van der Waals surface area (Å²) in [5, 5.41) is 9.37. The van der Waals surface area contributed by atoms with Gasteiger partial charge >= 0.3 is 0 Å². The van der Waals surface area contributed by atoms with E-state index in [1.165, 1.54) is 5.56 Å². The first-order chi connectivity index (χ1) is 14.0. The van der Waals surface area contributed by atoms with Crippen molar-refractivity contribution in [2.24, 2.45) is 10.9 Å². The summed E-state index contributed by atoms with van der Waals surface area (Å²) >= 11 is 0. The first-order valence-corrected chi connectivity index (χ1v) is 10.3. The summed E-state index contributed by atoms with van der Waals surface area (Å²) in [7, 11) is 1.64. The number of aromatic nitrogens is 1. The molecule has 0 fully saturated rings. The topological polar surface area (TPSA) is 78.4 Å². The van der Waals surface area contributed by atoms with Gasteiger partial charge in [-0.3, -0.25) is 14.8 Å². The molecule has 2 rings (SSSR count). The molecule has 6 heteroatoms. The second-order valence-corrected chi connectivity index (χ2v) is 7.31. The number of rotatable bonds is 9. The van der Waals surface area contributed by atoms with Crippen LogP contribution in [0.4, 0.5) is 0 Å². The number of hydrogen-bond acceptors (Lipinski definition) is 3. The molecule has 0 aliphatic rings. The van der Waals surface area contributed by atoms with Crippen LogP contribution in [-0.2, 0) is 6.42 Å². The molecule has 1 unspecified atom stereocenters. The molecule has 1 heterocycles. The number of hydrogen-bond donors (Lipinski definition) is 3. The zero-order valence-electron chi connectivity index (χ0n) is 17.9. The zero-order valence-corrected chi connectivity index (χ0v) is 17.9. The van der Waals surface area contributed by atoms with E-state index in [0.717, 1.165) is 31.0 Å². The number of pyridine rings is 1. The van der Waals surface area contributed by atoms with Crippen LogP contribution in [-0.4, -0.2) is 43.5 Å². The lowest BCUT2D eigenvalue weighted by Crippen LogP contribution is -2.38. The molecule has 0 aliphatic heterocycles. The third kappa shape index (κ3) is 7.22. The predicted molar refractivity (Wildman–Crippen MR) is 119 cm³/mol. The Bertz CT molecular complexity index is 789. The van der Waals surface area contributed by atoms with Crippen molar-refractivity contribution in [3.05, 3.63) is 65.5 Å². The minimum absolute atomic E-state index is 0.0650. The van der Waals surface area contributed by atoms with Crippen LogP contribution < -0.4 is 16.0 Å². The van der Waals surface area contributed by atoms with E-state index in [1.807, 2.05) is 36.5 Å². The van der Waals surface area contributed by atoms with Crippen LogP contribution in [0.5, 0.6) is 0 Å². The second kappa shape index (κ2) is 11.8. The van der Waals surface area contributed by atoms with Gasteiger partial charge in [0.2, 0.25) is 0 Å². The lowest BCUT2D eigenvalue weighted by Gasteiger charge is -2.20. The van der Waals surface area contributed by atoms with Gasteiger partial charge in [0, 0.05) is 50.6 Å². The Labute approximate surface area is 174 Å². The van der Waals surface area contributed by atoms with Crippen LogP contribution >= 0.6 is 0 Å². The summed E-state index contributed by atoms with van der Waals surface area (Å²) < 4.78 is 0. The Balaban J connectivity index is 1.97. The van der Waals surface area contributed by atoms with Gasteiger partial charge in [0.1, 0.15) is 0 Å². The number of benzene rings is 1. The van der Waals surface area contributed by atoms with E-state index >= 15 is 0 Å². The second-order valence-electron chi connectivity index (χ2n) is 7.31. The minimum Gasteiger partial charge on any atom is -0.357 e. The van der Waals surface area contributed by atoms with Crippen molar-refractivity contribution in [1.82, 2.24) is 20.9 Å². The molecule has 156 valence electrons. The van der Waals surface area contributed by atoms with E-state index in [4.69, 9.17) is 4.99 Å². The molecule has 29 heavy (non-hydrogen) atoms. The SMILES string of the molecule is CCNC(=NCC(c1cccnc1)C(C)C)NCCc1cccc(C(=O)NC)c1. The quantitative estimate of drug-likeness (QED) is 0.451. The van der Waals surface area contributed by atoms with Gasteiger partial charge in [0.15, 0.2) is 5.96 Å². The average molecular weight is 396 g/mol. The van der Waals surface area contributed by atoms with Crippen molar-refractivity contribution in [2.75, 3.05) is 26.7 Å². The summed E-state index contributed by atoms with van der Waals surface area (Å²) in [4.78, 5) is 20.8. The van der Waals surface area contributed by atoms with E-state index < -0.39 is 0 Å². The Hall–Kier alpha value is -2.89. The van der Waals surface area contributed by atoms with E-state index in [1.54, 1.807) is 13.2 Å².